The lowest BCUT2D eigenvalue weighted by Gasteiger charge is -2.08. The van der Waals surface area contributed by atoms with E-state index >= 15 is 0 Å². The molecule has 0 bridgehead atoms. The number of hydroxylamine groups is 1. The highest BCUT2D eigenvalue weighted by molar-refractivity contribution is 5.29. The molecule has 1 aliphatic heterocycles. The highest BCUT2D eigenvalue weighted by Crippen LogP contribution is 2.23. The smallest absolute Gasteiger partial charge is 0.115 e. The first-order valence-electron chi connectivity index (χ1n) is 4.02. The largest absolute Gasteiger partial charge is 0.508 e. The number of hydrogen-bond acceptors (Lipinski definition) is 3. The standard InChI is InChI=1S/C9H11NO2/c11-8-3-1-2-7(6-8)9-4-5-12-10-9/h1-3,6,9-11H,4-5H2. The van der Waals surface area contributed by atoms with Crippen molar-refractivity contribution >= 4 is 0 Å². The molecule has 1 aromatic rings. The van der Waals surface area contributed by atoms with Crippen molar-refractivity contribution in [1.82, 2.24) is 5.48 Å². The molecule has 1 heterocycles. The lowest BCUT2D eigenvalue weighted by molar-refractivity contribution is 0.0882. The monoisotopic (exact) mass is 165 g/mol. The van der Waals surface area contributed by atoms with Crippen molar-refractivity contribution < 1.29 is 9.94 Å². The van der Waals surface area contributed by atoms with E-state index in [2.05, 4.69) is 5.48 Å². The van der Waals surface area contributed by atoms with Crippen molar-refractivity contribution in [3.63, 3.8) is 0 Å². The van der Waals surface area contributed by atoms with E-state index in [4.69, 9.17) is 4.84 Å². The molecule has 0 radical (unpaired) electrons. The van der Waals surface area contributed by atoms with E-state index in [-0.39, 0.29) is 6.04 Å². The molecule has 0 saturated carbocycles. The molecule has 1 aliphatic rings. The number of nitrogens with one attached hydrogen (secondary N) is 1. The van der Waals surface area contributed by atoms with Crippen LogP contribution < -0.4 is 5.48 Å². The second-order valence-corrected chi connectivity index (χ2v) is 2.90. The quantitative estimate of drug-likeness (QED) is 0.660. The SMILES string of the molecule is Oc1cccc(C2CCON2)c1. The normalized spacial score (nSPS) is 22.8. The molecule has 0 spiro atoms. The van der Waals surface area contributed by atoms with E-state index in [1.165, 1.54) is 0 Å². The molecular weight excluding hydrogens is 154 g/mol. The zero-order valence-corrected chi connectivity index (χ0v) is 6.66. The lowest BCUT2D eigenvalue weighted by atomic mass is 10.1. The van der Waals surface area contributed by atoms with Gasteiger partial charge in [0.15, 0.2) is 0 Å². The molecule has 0 aromatic heterocycles. The van der Waals surface area contributed by atoms with Crippen LogP contribution in [0.2, 0.25) is 0 Å². The van der Waals surface area contributed by atoms with Crippen LogP contribution in [0.4, 0.5) is 0 Å². The average Bonchev–Trinajstić information content (AvgIpc) is 2.56. The summed E-state index contributed by atoms with van der Waals surface area (Å²) in [5.41, 5.74) is 3.97. The van der Waals surface area contributed by atoms with Crippen LogP contribution in [0.25, 0.3) is 0 Å². The van der Waals surface area contributed by atoms with Crippen molar-refractivity contribution in [1.29, 1.82) is 0 Å². The van der Waals surface area contributed by atoms with Crippen LogP contribution >= 0.6 is 0 Å². The maximum Gasteiger partial charge on any atom is 0.115 e. The molecule has 1 saturated heterocycles. The molecule has 12 heavy (non-hydrogen) atoms. The molecular formula is C9H11NO2. The Morgan fingerprint density at radius 3 is 3.08 bits per heavy atom. The molecule has 0 amide bonds. The number of hydrogen-bond donors (Lipinski definition) is 2. The van der Waals surface area contributed by atoms with Gasteiger partial charge in [0.05, 0.1) is 12.6 Å². The Hall–Kier alpha value is -1.06. The lowest BCUT2D eigenvalue weighted by Crippen LogP contribution is -2.10. The molecule has 1 unspecified atom stereocenters. The van der Waals surface area contributed by atoms with Gasteiger partial charge in [-0.3, -0.25) is 0 Å². The third-order valence-electron chi connectivity index (χ3n) is 2.01. The zero-order chi connectivity index (χ0) is 8.39. The molecule has 3 nitrogen and oxygen atoms in total. The van der Waals surface area contributed by atoms with Gasteiger partial charge in [-0.25, -0.2) is 0 Å². The minimum atomic E-state index is 0.233. The second kappa shape index (κ2) is 3.13. The average molecular weight is 165 g/mol. The maximum absolute atomic E-state index is 9.20. The van der Waals surface area contributed by atoms with Gasteiger partial charge in [-0.05, 0) is 24.1 Å². The predicted octanol–water partition coefficient (Wildman–Crippen LogP) is 1.36. The van der Waals surface area contributed by atoms with Gasteiger partial charge in [0, 0.05) is 0 Å². The Kier molecular flexibility index (Phi) is 1.98. The number of phenols is 1. The summed E-state index contributed by atoms with van der Waals surface area (Å²) in [6, 6.07) is 7.47. The van der Waals surface area contributed by atoms with Gasteiger partial charge >= 0.3 is 0 Å². The van der Waals surface area contributed by atoms with Crippen molar-refractivity contribution in [2.45, 2.75) is 12.5 Å². The van der Waals surface area contributed by atoms with E-state index in [0.717, 1.165) is 18.6 Å². The second-order valence-electron chi connectivity index (χ2n) is 2.90. The molecule has 0 aliphatic carbocycles. The van der Waals surface area contributed by atoms with Crippen molar-refractivity contribution in [2.24, 2.45) is 0 Å². The highest BCUT2D eigenvalue weighted by Gasteiger charge is 2.16. The summed E-state index contributed by atoms with van der Waals surface area (Å²) in [4.78, 5) is 5.02. The molecule has 1 fully saturated rings. The van der Waals surface area contributed by atoms with Gasteiger partial charge in [-0.2, -0.15) is 5.48 Å². The summed E-state index contributed by atoms with van der Waals surface area (Å²) in [7, 11) is 0. The summed E-state index contributed by atoms with van der Waals surface area (Å²) in [6.07, 6.45) is 0.962. The Labute approximate surface area is 70.9 Å². The van der Waals surface area contributed by atoms with Crippen LogP contribution in [0.5, 0.6) is 5.75 Å². The number of rotatable bonds is 1. The van der Waals surface area contributed by atoms with Crippen LogP contribution in [-0.4, -0.2) is 11.7 Å². The van der Waals surface area contributed by atoms with Gasteiger partial charge in [-0.15, -0.1) is 0 Å². The summed E-state index contributed by atoms with van der Waals surface area (Å²) >= 11 is 0. The number of benzene rings is 1. The first-order valence-corrected chi connectivity index (χ1v) is 4.02. The van der Waals surface area contributed by atoms with E-state index in [0.29, 0.717) is 5.75 Å². The Morgan fingerprint density at radius 1 is 1.50 bits per heavy atom. The van der Waals surface area contributed by atoms with Crippen LogP contribution in [0.1, 0.15) is 18.0 Å². The van der Waals surface area contributed by atoms with Gasteiger partial charge in [0.25, 0.3) is 0 Å². The van der Waals surface area contributed by atoms with Crippen LogP contribution in [0.3, 0.4) is 0 Å². The Bertz CT molecular complexity index is 269. The zero-order valence-electron chi connectivity index (χ0n) is 6.66. The first kappa shape index (κ1) is 7.58. The molecule has 64 valence electrons. The number of phenolic OH excluding ortho intramolecular Hbond substituents is 1. The molecule has 2 rings (SSSR count). The third kappa shape index (κ3) is 1.42. The van der Waals surface area contributed by atoms with E-state index in [1.807, 2.05) is 12.1 Å². The van der Waals surface area contributed by atoms with Gasteiger partial charge in [0.1, 0.15) is 5.75 Å². The van der Waals surface area contributed by atoms with Gasteiger partial charge < -0.3 is 9.94 Å². The minimum absolute atomic E-state index is 0.233. The molecule has 3 heteroatoms. The fourth-order valence-corrected chi connectivity index (χ4v) is 1.37. The van der Waals surface area contributed by atoms with Crippen LogP contribution in [0, 0.1) is 0 Å². The summed E-state index contributed by atoms with van der Waals surface area (Å²) in [5.74, 6) is 0.307. The predicted molar refractivity (Wildman–Crippen MR) is 44.6 cm³/mol. The van der Waals surface area contributed by atoms with E-state index < -0.39 is 0 Å². The summed E-state index contributed by atoms with van der Waals surface area (Å²) < 4.78 is 0. The minimum Gasteiger partial charge on any atom is -0.508 e. The number of aromatic hydroxyl groups is 1. The molecule has 2 N–H and O–H groups in total. The first-order chi connectivity index (χ1) is 5.86. The highest BCUT2D eigenvalue weighted by atomic mass is 16.7. The fourth-order valence-electron chi connectivity index (χ4n) is 1.37. The van der Waals surface area contributed by atoms with Gasteiger partial charge in [0.2, 0.25) is 0 Å². The van der Waals surface area contributed by atoms with Crippen LogP contribution in [0.15, 0.2) is 24.3 Å². The molecule has 1 atom stereocenters. The Morgan fingerprint density at radius 2 is 2.42 bits per heavy atom. The van der Waals surface area contributed by atoms with Gasteiger partial charge in [-0.1, -0.05) is 12.1 Å². The van der Waals surface area contributed by atoms with Crippen molar-refractivity contribution in [2.75, 3.05) is 6.61 Å². The van der Waals surface area contributed by atoms with Crippen molar-refractivity contribution in [3.05, 3.63) is 29.8 Å². The topological polar surface area (TPSA) is 41.5 Å². The Balaban J connectivity index is 2.21. The van der Waals surface area contributed by atoms with E-state index in [9.17, 15) is 5.11 Å². The maximum atomic E-state index is 9.20. The van der Waals surface area contributed by atoms with Crippen molar-refractivity contribution in [3.8, 4) is 5.75 Å². The third-order valence-corrected chi connectivity index (χ3v) is 2.01. The fraction of sp³-hybridized carbons (Fsp3) is 0.333. The summed E-state index contributed by atoms with van der Waals surface area (Å²) in [5, 5.41) is 9.20. The van der Waals surface area contributed by atoms with Crippen LogP contribution in [-0.2, 0) is 4.84 Å². The van der Waals surface area contributed by atoms with E-state index in [1.54, 1.807) is 12.1 Å². The molecule has 1 aromatic carbocycles. The summed E-state index contributed by atoms with van der Waals surface area (Å²) in [6.45, 7) is 0.736.